The van der Waals surface area contributed by atoms with E-state index in [-0.39, 0.29) is 18.3 Å². The van der Waals surface area contributed by atoms with Gasteiger partial charge in [-0.3, -0.25) is 0 Å². The van der Waals surface area contributed by atoms with E-state index < -0.39 is 0 Å². The van der Waals surface area contributed by atoms with Crippen molar-refractivity contribution in [1.29, 1.82) is 0 Å². The molecule has 3 nitrogen and oxygen atoms in total. The first-order valence-electron chi connectivity index (χ1n) is 8.25. The van der Waals surface area contributed by atoms with Gasteiger partial charge in [0.15, 0.2) is 6.29 Å². The molecule has 0 amide bonds. The maximum absolute atomic E-state index is 11.1. The average Bonchev–Trinajstić information content (AvgIpc) is 2.43. The lowest BCUT2D eigenvalue weighted by Gasteiger charge is -2.30. The largest absolute Gasteiger partial charge is 0.353 e. The molecule has 0 aromatic heterocycles. The van der Waals surface area contributed by atoms with Crippen molar-refractivity contribution in [2.24, 2.45) is 17.8 Å². The van der Waals surface area contributed by atoms with Crippen molar-refractivity contribution in [2.75, 3.05) is 6.61 Å². The Hall–Kier alpha value is -0.410. The average molecular weight is 284 g/mol. The van der Waals surface area contributed by atoms with Gasteiger partial charge in [0.25, 0.3) is 0 Å². The molecule has 0 aromatic rings. The lowest BCUT2D eigenvalue weighted by atomic mass is 9.91. The third-order valence-corrected chi connectivity index (χ3v) is 4.08. The molecule has 0 N–H and O–H groups in total. The number of rotatable bonds is 9. The third kappa shape index (κ3) is 6.85. The summed E-state index contributed by atoms with van der Waals surface area (Å²) in [5, 5.41) is 0. The molecule has 4 atom stereocenters. The summed E-state index contributed by atoms with van der Waals surface area (Å²) >= 11 is 0. The zero-order valence-corrected chi connectivity index (χ0v) is 13.6. The number of carbonyl (C=O) groups excluding carboxylic acids is 1. The predicted molar refractivity (Wildman–Crippen MR) is 81.5 cm³/mol. The fourth-order valence-corrected chi connectivity index (χ4v) is 2.93. The minimum absolute atomic E-state index is 0.00483. The van der Waals surface area contributed by atoms with Crippen LogP contribution in [0.15, 0.2) is 0 Å². The summed E-state index contributed by atoms with van der Waals surface area (Å²) < 4.78 is 11.7. The van der Waals surface area contributed by atoms with Gasteiger partial charge in [-0.05, 0) is 50.4 Å². The van der Waals surface area contributed by atoms with Gasteiger partial charge < -0.3 is 14.3 Å². The molecule has 1 aliphatic rings. The maximum atomic E-state index is 11.1. The summed E-state index contributed by atoms with van der Waals surface area (Å²) in [7, 11) is 0. The number of hydrogen-bond donors (Lipinski definition) is 0. The molecule has 1 saturated heterocycles. The van der Waals surface area contributed by atoms with Gasteiger partial charge in [-0.15, -0.1) is 0 Å². The highest BCUT2D eigenvalue weighted by Crippen LogP contribution is 2.24. The van der Waals surface area contributed by atoms with Crippen LogP contribution in [0.5, 0.6) is 0 Å². The van der Waals surface area contributed by atoms with Crippen LogP contribution in [0.4, 0.5) is 0 Å². The first kappa shape index (κ1) is 17.6. The second-order valence-electron chi connectivity index (χ2n) is 6.78. The summed E-state index contributed by atoms with van der Waals surface area (Å²) in [5.41, 5.74) is 0. The quantitative estimate of drug-likeness (QED) is 0.595. The Kier molecular flexibility index (Phi) is 8.39. The second-order valence-corrected chi connectivity index (χ2v) is 6.78. The van der Waals surface area contributed by atoms with Crippen molar-refractivity contribution in [3.8, 4) is 0 Å². The summed E-state index contributed by atoms with van der Waals surface area (Å²) in [4.78, 5) is 11.1. The van der Waals surface area contributed by atoms with E-state index in [1.165, 1.54) is 6.42 Å². The topological polar surface area (TPSA) is 35.5 Å². The molecule has 1 rings (SSSR count). The van der Waals surface area contributed by atoms with E-state index in [1.807, 2.05) is 6.92 Å². The fraction of sp³-hybridized carbons (Fsp3) is 0.941. The van der Waals surface area contributed by atoms with Gasteiger partial charge in [0.2, 0.25) is 0 Å². The number of aldehydes is 1. The van der Waals surface area contributed by atoms with Crippen molar-refractivity contribution in [2.45, 2.75) is 78.6 Å². The van der Waals surface area contributed by atoms with E-state index in [2.05, 4.69) is 20.8 Å². The number of carbonyl (C=O) groups is 1. The number of ether oxygens (including phenoxy) is 2. The molecule has 0 radical (unpaired) electrons. The first-order valence-corrected chi connectivity index (χ1v) is 8.25. The molecule has 0 saturated carbocycles. The van der Waals surface area contributed by atoms with Gasteiger partial charge in [-0.2, -0.15) is 0 Å². The lowest BCUT2D eigenvalue weighted by Crippen LogP contribution is -2.32. The van der Waals surface area contributed by atoms with E-state index in [4.69, 9.17) is 9.47 Å². The Morgan fingerprint density at radius 3 is 2.50 bits per heavy atom. The van der Waals surface area contributed by atoms with Crippen LogP contribution in [-0.2, 0) is 14.3 Å². The molecule has 118 valence electrons. The Bertz CT molecular complexity index is 259. The molecule has 3 heteroatoms. The Balaban J connectivity index is 2.40. The van der Waals surface area contributed by atoms with Crippen molar-refractivity contribution < 1.29 is 14.3 Å². The second kappa shape index (κ2) is 9.51. The van der Waals surface area contributed by atoms with Gasteiger partial charge in [0.05, 0.1) is 6.10 Å². The summed E-state index contributed by atoms with van der Waals surface area (Å²) in [6, 6.07) is 0. The van der Waals surface area contributed by atoms with Crippen LogP contribution >= 0.6 is 0 Å². The minimum Gasteiger partial charge on any atom is -0.353 e. The van der Waals surface area contributed by atoms with Crippen LogP contribution < -0.4 is 0 Å². The van der Waals surface area contributed by atoms with Crippen LogP contribution in [0.3, 0.4) is 0 Å². The van der Waals surface area contributed by atoms with Crippen molar-refractivity contribution in [3.63, 3.8) is 0 Å². The van der Waals surface area contributed by atoms with Crippen LogP contribution in [0.2, 0.25) is 0 Å². The predicted octanol–water partition coefficient (Wildman–Crippen LogP) is 4.20. The molecule has 0 aliphatic carbocycles. The molecule has 0 aromatic carbocycles. The van der Waals surface area contributed by atoms with Gasteiger partial charge >= 0.3 is 0 Å². The van der Waals surface area contributed by atoms with Crippen molar-refractivity contribution >= 4 is 6.29 Å². The van der Waals surface area contributed by atoms with Gasteiger partial charge in [0, 0.05) is 12.5 Å². The lowest BCUT2D eigenvalue weighted by molar-refractivity contribution is -0.198. The zero-order chi connectivity index (χ0) is 15.0. The molecular weight excluding hydrogens is 252 g/mol. The van der Waals surface area contributed by atoms with Crippen molar-refractivity contribution in [1.82, 2.24) is 0 Å². The molecule has 1 heterocycles. The summed E-state index contributed by atoms with van der Waals surface area (Å²) in [5.74, 6) is 1.37. The Morgan fingerprint density at radius 2 is 1.95 bits per heavy atom. The molecule has 1 fully saturated rings. The van der Waals surface area contributed by atoms with Crippen molar-refractivity contribution in [3.05, 3.63) is 0 Å². The minimum atomic E-state index is -0.100. The monoisotopic (exact) mass is 284 g/mol. The SMILES string of the molecule is CC(C)C[C@H](C)CC[C@@H](OC1CCCCO1)[C@H](C)C=O. The summed E-state index contributed by atoms with van der Waals surface area (Å²) in [6.45, 7) is 9.55. The molecule has 1 unspecified atom stereocenters. The van der Waals surface area contributed by atoms with Gasteiger partial charge in [0.1, 0.15) is 6.29 Å². The van der Waals surface area contributed by atoms with E-state index >= 15 is 0 Å². The highest BCUT2D eigenvalue weighted by Gasteiger charge is 2.24. The normalized spacial score (nSPS) is 24.4. The maximum Gasteiger partial charge on any atom is 0.157 e. The third-order valence-electron chi connectivity index (χ3n) is 4.08. The molecule has 0 bridgehead atoms. The van der Waals surface area contributed by atoms with E-state index in [1.54, 1.807) is 0 Å². The van der Waals surface area contributed by atoms with E-state index in [0.717, 1.165) is 50.9 Å². The van der Waals surface area contributed by atoms with Crippen LogP contribution in [0.25, 0.3) is 0 Å². The Morgan fingerprint density at radius 1 is 1.20 bits per heavy atom. The highest BCUT2D eigenvalue weighted by atomic mass is 16.7. The van der Waals surface area contributed by atoms with Gasteiger partial charge in [-0.1, -0.05) is 27.7 Å². The Labute approximate surface area is 124 Å². The molecule has 0 spiro atoms. The molecule has 1 aliphatic heterocycles. The fourth-order valence-electron chi connectivity index (χ4n) is 2.93. The molecule has 20 heavy (non-hydrogen) atoms. The van der Waals surface area contributed by atoms with Crippen LogP contribution in [0, 0.1) is 17.8 Å². The standard InChI is InChI=1S/C17H32O3/c1-13(2)11-14(3)8-9-16(15(4)12-18)20-17-7-5-6-10-19-17/h12-17H,5-11H2,1-4H3/t14-,15-,16-,17?/m1/s1. The zero-order valence-electron chi connectivity index (χ0n) is 13.6. The van der Waals surface area contributed by atoms with E-state index in [0.29, 0.717) is 5.92 Å². The smallest absolute Gasteiger partial charge is 0.157 e. The number of hydrogen-bond acceptors (Lipinski definition) is 3. The van der Waals surface area contributed by atoms with E-state index in [9.17, 15) is 4.79 Å². The van der Waals surface area contributed by atoms with Crippen LogP contribution in [-0.4, -0.2) is 25.3 Å². The first-order chi connectivity index (χ1) is 9.52. The highest BCUT2D eigenvalue weighted by molar-refractivity contribution is 5.53. The molecular formula is C17H32O3. The van der Waals surface area contributed by atoms with Crippen LogP contribution in [0.1, 0.15) is 66.2 Å². The summed E-state index contributed by atoms with van der Waals surface area (Å²) in [6.07, 6.45) is 7.48. The van der Waals surface area contributed by atoms with Gasteiger partial charge in [-0.25, -0.2) is 0 Å².